The maximum absolute atomic E-state index is 13.3. The van der Waals surface area contributed by atoms with Crippen LogP contribution in [0.2, 0.25) is 0 Å². The first kappa shape index (κ1) is 22.3. The number of carbonyl (C=O) groups is 3. The minimum absolute atomic E-state index is 0.0721. The highest BCUT2D eigenvalue weighted by Crippen LogP contribution is 2.28. The summed E-state index contributed by atoms with van der Waals surface area (Å²) in [5.74, 6) is -1.32. The Labute approximate surface area is 193 Å². The Balaban J connectivity index is 1.76. The summed E-state index contributed by atoms with van der Waals surface area (Å²) in [5, 5.41) is 2.31. The molecule has 4 amide bonds. The number of urea groups is 1. The van der Waals surface area contributed by atoms with Gasteiger partial charge in [0, 0.05) is 17.1 Å². The predicted molar refractivity (Wildman–Crippen MR) is 130 cm³/mol. The molecule has 0 unspecified atom stereocenters. The van der Waals surface area contributed by atoms with E-state index in [2.05, 4.69) is 41.1 Å². The molecule has 2 heterocycles. The van der Waals surface area contributed by atoms with Gasteiger partial charge in [-0.05, 0) is 86.7 Å². The lowest BCUT2D eigenvalue weighted by molar-refractivity contribution is -0.122. The van der Waals surface area contributed by atoms with Gasteiger partial charge in [-0.15, -0.1) is 0 Å². The molecular weight excluding hydrogens is 414 g/mol. The average Bonchev–Trinajstić information content (AvgIpc) is 3.06. The van der Waals surface area contributed by atoms with Crippen LogP contribution in [-0.2, 0) is 16.0 Å². The van der Waals surface area contributed by atoms with Gasteiger partial charge < -0.3 is 4.57 Å². The van der Waals surface area contributed by atoms with Crippen LogP contribution in [0, 0.1) is 27.7 Å². The summed E-state index contributed by atoms with van der Waals surface area (Å²) in [4.78, 5) is 39.6. The number of aryl methyl sites for hydroxylation is 3. The second-order valence-corrected chi connectivity index (χ2v) is 8.36. The quantitative estimate of drug-likeness (QED) is 0.460. The maximum atomic E-state index is 13.3. The van der Waals surface area contributed by atoms with Crippen molar-refractivity contribution in [3.05, 3.63) is 87.7 Å². The van der Waals surface area contributed by atoms with Crippen molar-refractivity contribution in [3.63, 3.8) is 0 Å². The van der Waals surface area contributed by atoms with E-state index in [0.717, 1.165) is 45.1 Å². The summed E-state index contributed by atoms with van der Waals surface area (Å²) in [6, 6.07) is 14.9. The van der Waals surface area contributed by atoms with E-state index in [4.69, 9.17) is 0 Å². The topological polar surface area (TPSA) is 71.4 Å². The van der Waals surface area contributed by atoms with Crippen molar-refractivity contribution in [2.75, 3.05) is 4.90 Å². The summed E-state index contributed by atoms with van der Waals surface area (Å²) < 4.78 is 2.09. The fourth-order valence-electron chi connectivity index (χ4n) is 4.22. The van der Waals surface area contributed by atoms with Gasteiger partial charge >= 0.3 is 6.03 Å². The zero-order valence-corrected chi connectivity index (χ0v) is 19.5. The van der Waals surface area contributed by atoms with Crippen LogP contribution < -0.4 is 10.2 Å². The van der Waals surface area contributed by atoms with Gasteiger partial charge in [-0.2, -0.15) is 0 Å². The van der Waals surface area contributed by atoms with Crippen LogP contribution in [0.15, 0.2) is 54.1 Å². The molecule has 0 saturated carbocycles. The molecule has 0 bridgehead atoms. The number of amides is 4. The molecule has 2 aromatic carbocycles. The van der Waals surface area contributed by atoms with Gasteiger partial charge in [0.1, 0.15) is 5.57 Å². The minimum atomic E-state index is -0.739. The number of anilines is 1. The predicted octanol–water partition coefficient (Wildman–Crippen LogP) is 4.94. The SMILES string of the molecule is CCc1ccc(-n2c(C)cc(/C=C3\C(=O)NC(=O)N(c4cccc(C)c4C)C3=O)c2C)cc1. The first-order valence-electron chi connectivity index (χ1n) is 11.0. The van der Waals surface area contributed by atoms with Crippen molar-refractivity contribution in [2.45, 2.75) is 41.0 Å². The van der Waals surface area contributed by atoms with E-state index in [1.54, 1.807) is 18.2 Å². The molecular formula is C27H27N3O3. The van der Waals surface area contributed by atoms with Gasteiger partial charge in [0.25, 0.3) is 11.8 Å². The molecule has 0 aliphatic carbocycles. The first-order valence-corrected chi connectivity index (χ1v) is 11.0. The number of imide groups is 2. The highest BCUT2D eigenvalue weighted by atomic mass is 16.2. The normalized spacial score (nSPS) is 15.4. The van der Waals surface area contributed by atoms with Crippen LogP contribution in [0.5, 0.6) is 0 Å². The van der Waals surface area contributed by atoms with Crippen LogP contribution in [0.1, 0.15) is 40.6 Å². The van der Waals surface area contributed by atoms with Gasteiger partial charge in [0.05, 0.1) is 5.69 Å². The molecule has 1 saturated heterocycles. The molecule has 0 radical (unpaired) electrons. The smallest absolute Gasteiger partial charge is 0.318 e. The van der Waals surface area contributed by atoms with Crippen molar-refractivity contribution in [1.82, 2.24) is 9.88 Å². The molecule has 168 valence electrons. The van der Waals surface area contributed by atoms with Crippen LogP contribution in [0.3, 0.4) is 0 Å². The Morgan fingerprint density at radius 2 is 1.64 bits per heavy atom. The largest absolute Gasteiger partial charge is 0.335 e. The van der Waals surface area contributed by atoms with Crippen LogP contribution >= 0.6 is 0 Å². The van der Waals surface area contributed by atoms with Gasteiger partial charge in [-0.3, -0.25) is 14.9 Å². The number of hydrogen-bond acceptors (Lipinski definition) is 3. The highest BCUT2D eigenvalue weighted by molar-refractivity contribution is 6.39. The third kappa shape index (κ3) is 3.89. The van der Waals surface area contributed by atoms with E-state index in [0.29, 0.717) is 5.69 Å². The van der Waals surface area contributed by atoms with Gasteiger partial charge in [0.15, 0.2) is 0 Å². The Hall–Kier alpha value is -3.93. The fraction of sp³-hybridized carbons (Fsp3) is 0.222. The van der Waals surface area contributed by atoms with E-state index < -0.39 is 17.8 Å². The molecule has 1 fully saturated rings. The van der Waals surface area contributed by atoms with Crippen molar-refractivity contribution in [1.29, 1.82) is 0 Å². The lowest BCUT2D eigenvalue weighted by Gasteiger charge is -2.28. The van der Waals surface area contributed by atoms with E-state index in [-0.39, 0.29) is 5.57 Å². The van der Waals surface area contributed by atoms with Gasteiger partial charge in [0.2, 0.25) is 0 Å². The number of carbonyl (C=O) groups excluding carboxylic acids is 3. The standard InChI is InChI=1S/C27H27N3O3/c1-6-20-10-12-22(13-11-20)29-17(3)14-21(19(29)5)15-23-25(31)28-27(33)30(26(23)32)24-9-7-8-16(2)18(24)4/h7-15H,6H2,1-5H3,(H,28,31,33)/b23-15+. The summed E-state index contributed by atoms with van der Waals surface area (Å²) >= 11 is 0. The van der Waals surface area contributed by atoms with Crippen LogP contribution in [-0.4, -0.2) is 22.4 Å². The Kier molecular flexibility index (Phi) is 5.77. The molecule has 33 heavy (non-hydrogen) atoms. The number of nitrogens with zero attached hydrogens (tertiary/aromatic N) is 2. The second kappa shape index (κ2) is 8.54. The fourth-order valence-corrected chi connectivity index (χ4v) is 4.22. The number of nitrogens with one attached hydrogen (secondary N) is 1. The first-order chi connectivity index (χ1) is 15.7. The van der Waals surface area contributed by atoms with Gasteiger partial charge in [-0.1, -0.05) is 31.2 Å². The lowest BCUT2D eigenvalue weighted by Crippen LogP contribution is -2.54. The third-order valence-corrected chi connectivity index (χ3v) is 6.29. The van der Waals surface area contributed by atoms with Gasteiger partial charge in [-0.25, -0.2) is 9.69 Å². The molecule has 6 nitrogen and oxygen atoms in total. The molecule has 3 aromatic rings. The highest BCUT2D eigenvalue weighted by Gasteiger charge is 2.37. The maximum Gasteiger partial charge on any atom is 0.335 e. The molecule has 1 N–H and O–H groups in total. The number of rotatable bonds is 4. The molecule has 1 aliphatic rings. The number of aromatic nitrogens is 1. The van der Waals surface area contributed by atoms with Crippen molar-refractivity contribution in [2.24, 2.45) is 0 Å². The average molecular weight is 442 g/mol. The monoisotopic (exact) mass is 441 g/mol. The lowest BCUT2D eigenvalue weighted by atomic mass is 10.0. The molecule has 6 heteroatoms. The third-order valence-electron chi connectivity index (χ3n) is 6.29. The Bertz CT molecular complexity index is 1310. The van der Waals surface area contributed by atoms with Crippen molar-refractivity contribution in [3.8, 4) is 5.69 Å². The molecule has 0 atom stereocenters. The zero-order valence-electron chi connectivity index (χ0n) is 19.5. The van der Waals surface area contributed by atoms with Crippen LogP contribution in [0.25, 0.3) is 11.8 Å². The van der Waals surface area contributed by atoms with Crippen molar-refractivity contribution >= 4 is 29.6 Å². The molecule has 1 aliphatic heterocycles. The van der Waals surface area contributed by atoms with Crippen LogP contribution in [0.4, 0.5) is 10.5 Å². The number of barbiturate groups is 1. The number of hydrogen-bond donors (Lipinski definition) is 1. The van der Waals surface area contributed by atoms with E-state index >= 15 is 0 Å². The van der Waals surface area contributed by atoms with E-state index in [1.807, 2.05) is 39.8 Å². The Morgan fingerprint density at radius 1 is 0.939 bits per heavy atom. The summed E-state index contributed by atoms with van der Waals surface area (Å²) in [7, 11) is 0. The minimum Gasteiger partial charge on any atom is -0.318 e. The zero-order chi connectivity index (χ0) is 23.9. The summed E-state index contributed by atoms with van der Waals surface area (Å²) in [6.07, 6.45) is 2.54. The number of benzene rings is 2. The van der Waals surface area contributed by atoms with E-state index in [1.165, 1.54) is 5.56 Å². The molecule has 1 aromatic heterocycles. The molecule has 4 rings (SSSR count). The summed E-state index contributed by atoms with van der Waals surface area (Å²) in [6.45, 7) is 9.81. The second-order valence-electron chi connectivity index (χ2n) is 8.36. The van der Waals surface area contributed by atoms with Crippen molar-refractivity contribution < 1.29 is 14.4 Å². The molecule has 0 spiro atoms. The Morgan fingerprint density at radius 3 is 2.30 bits per heavy atom. The summed E-state index contributed by atoms with van der Waals surface area (Å²) in [5.41, 5.74) is 7.06. The van der Waals surface area contributed by atoms with E-state index in [9.17, 15) is 14.4 Å².